The van der Waals surface area contributed by atoms with Crippen LogP contribution in [0.15, 0.2) is 18.2 Å². The molecular formula is C14H18N2O5. The Balaban J connectivity index is 2.02. The Morgan fingerprint density at radius 2 is 2.00 bits per heavy atom. The predicted octanol–water partition coefficient (Wildman–Crippen LogP) is 0.507. The quantitative estimate of drug-likeness (QED) is 0.826. The molecule has 2 rings (SSSR count). The molecular weight excluding hydrogens is 276 g/mol. The molecule has 1 aliphatic heterocycles. The minimum absolute atomic E-state index is 0.0995. The zero-order valence-corrected chi connectivity index (χ0v) is 12.0. The van der Waals surface area contributed by atoms with E-state index in [1.165, 1.54) is 0 Å². The second-order valence-corrected chi connectivity index (χ2v) is 4.65. The predicted molar refractivity (Wildman–Crippen MR) is 74.1 cm³/mol. The minimum Gasteiger partial charge on any atom is -0.493 e. The number of rotatable bonds is 5. The first-order valence-electron chi connectivity index (χ1n) is 6.55. The molecule has 1 atom stereocenters. The van der Waals surface area contributed by atoms with Crippen LogP contribution in [0.3, 0.4) is 0 Å². The lowest BCUT2D eigenvalue weighted by atomic mass is 10.1. The molecule has 3 amide bonds. The number of amides is 3. The summed E-state index contributed by atoms with van der Waals surface area (Å²) >= 11 is 0. The number of ether oxygens (including phenoxy) is 2. The van der Waals surface area contributed by atoms with Crippen molar-refractivity contribution in [2.24, 2.45) is 0 Å². The summed E-state index contributed by atoms with van der Waals surface area (Å²) in [5, 5.41) is 11.6. The highest BCUT2D eigenvalue weighted by Crippen LogP contribution is 2.27. The second kappa shape index (κ2) is 6.45. The zero-order valence-electron chi connectivity index (χ0n) is 12.0. The van der Waals surface area contributed by atoms with E-state index < -0.39 is 12.3 Å². The molecule has 0 spiro atoms. The molecule has 1 saturated heterocycles. The third-order valence-corrected chi connectivity index (χ3v) is 3.28. The van der Waals surface area contributed by atoms with Crippen molar-refractivity contribution >= 4 is 11.9 Å². The summed E-state index contributed by atoms with van der Waals surface area (Å²) in [6, 6.07) is 4.86. The standard InChI is InChI=1S/C14H18N2O5/c1-20-10-4-3-9(7-11(10)21-2)5-6-16-13(18)8-12(17)15-14(16)19/h3-4,7,12,17H,5-6,8H2,1-2H3,(H,15,19). The van der Waals surface area contributed by atoms with Crippen LogP contribution < -0.4 is 14.8 Å². The fraction of sp³-hybridized carbons (Fsp3) is 0.429. The van der Waals surface area contributed by atoms with Gasteiger partial charge in [0.05, 0.1) is 20.6 Å². The third kappa shape index (κ3) is 3.43. The number of aliphatic hydroxyl groups is 1. The van der Waals surface area contributed by atoms with E-state index in [2.05, 4.69) is 5.32 Å². The number of aliphatic hydroxyl groups excluding tert-OH is 1. The Labute approximate surface area is 122 Å². The van der Waals surface area contributed by atoms with Crippen LogP contribution in [-0.4, -0.2) is 48.9 Å². The van der Waals surface area contributed by atoms with Gasteiger partial charge in [-0.15, -0.1) is 0 Å². The number of nitrogens with zero attached hydrogens (tertiary/aromatic N) is 1. The van der Waals surface area contributed by atoms with Gasteiger partial charge in [-0.3, -0.25) is 9.69 Å². The summed E-state index contributed by atoms with van der Waals surface area (Å²) in [6.07, 6.45) is -0.699. The van der Waals surface area contributed by atoms with Gasteiger partial charge in [-0.2, -0.15) is 0 Å². The molecule has 1 unspecified atom stereocenters. The lowest BCUT2D eigenvalue weighted by molar-refractivity contribution is -0.132. The Morgan fingerprint density at radius 3 is 2.62 bits per heavy atom. The molecule has 1 aromatic rings. The number of carbonyl (C=O) groups excluding carboxylic acids is 2. The number of hydrogen-bond acceptors (Lipinski definition) is 5. The van der Waals surface area contributed by atoms with Gasteiger partial charge in [0.25, 0.3) is 0 Å². The van der Waals surface area contributed by atoms with Crippen LogP contribution in [0.5, 0.6) is 11.5 Å². The number of imide groups is 1. The average molecular weight is 294 g/mol. The Kier molecular flexibility index (Phi) is 4.64. The summed E-state index contributed by atoms with van der Waals surface area (Å²) in [5.74, 6) is 0.836. The summed E-state index contributed by atoms with van der Waals surface area (Å²) in [4.78, 5) is 24.5. The largest absolute Gasteiger partial charge is 0.493 e. The lowest BCUT2D eigenvalue weighted by Gasteiger charge is -2.28. The lowest BCUT2D eigenvalue weighted by Crippen LogP contribution is -2.55. The maximum atomic E-state index is 11.7. The van der Waals surface area contributed by atoms with E-state index >= 15 is 0 Å². The van der Waals surface area contributed by atoms with Gasteiger partial charge in [0.2, 0.25) is 5.91 Å². The van der Waals surface area contributed by atoms with Gasteiger partial charge in [0.1, 0.15) is 6.23 Å². The van der Waals surface area contributed by atoms with Gasteiger partial charge in [-0.05, 0) is 24.1 Å². The van der Waals surface area contributed by atoms with Gasteiger partial charge in [0, 0.05) is 6.54 Å². The van der Waals surface area contributed by atoms with E-state index in [1.807, 2.05) is 6.07 Å². The molecule has 0 radical (unpaired) electrons. The van der Waals surface area contributed by atoms with Crippen molar-refractivity contribution in [2.45, 2.75) is 19.1 Å². The van der Waals surface area contributed by atoms with Gasteiger partial charge in [-0.1, -0.05) is 6.07 Å². The molecule has 21 heavy (non-hydrogen) atoms. The third-order valence-electron chi connectivity index (χ3n) is 3.28. The SMILES string of the molecule is COc1ccc(CCN2C(=O)CC(O)NC2=O)cc1OC. The van der Waals surface area contributed by atoms with Crippen LogP contribution in [0.25, 0.3) is 0 Å². The van der Waals surface area contributed by atoms with E-state index in [4.69, 9.17) is 9.47 Å². The van der Waals surface area contributed by atoms with Gasteiger partial charge >= 0.3 is 6.03 Å². The number of nitrogens with one attached hydrogen (secondary N) is 1. The topological polar surface area (TPSA) is 88.1 Å². The highest BCUT2D eigenvalue weighted by molar-refractivity contribution is 5.97. The van der Waals surface area contributed by atoms with Crippen LogP contribution in [0.4, 0.5) is 4.79 Å². The fourth-order valence-electron chi connectivity index (χ4n) is 2.16. The number of methoxy groups -OCH3 is 2. The van der Waals surface area contributed by atoms with Crippen molar-refractivity contribution in [3.8, 4) is 11.5 Å². The van der Waals surface area contributed by atoms with Crippen LogP contribution in [-0.2, 0) is 11.2 Å². The monoisotopic (exact) mass is 294 g/mol. The van der Waals surface area contributed by atoms with E-state index in [0.717, 1.165) is 10.5 Å². The van der Waals surface area contributed by atoms with Crippen LogP contribution in [0.2, 0.25) is 0 Å². The first kappa shape index (κ1) is 15.1. The number of urea groups is 1. The Morgan fingerprint density at radius 1 is 1.29 bits per heavy atom. The summed E-state index contributed by atoms with van der Waals surface area (Å²) in [7, 11) is 3.10. The first-order valence-corrected chi connectivity index (χ1v) is 6.55. The second-order valence-electron chi connectivity index (χ2n) is 4.65. The molecule has 0 aromatic heterocycles. The van der Waals surface area contributed by atoms with Crippen LogP contribution >= 0.6 is 0 Å². The van der Waals surface area contributed by atoms with Crippen molar-refractivity contribution < 1.29 is 24.2 Å². The molecule has 0 aliphatic carbocycles. The Hall–Kier alpha value is -2.28. The molecule has 114 valence electrons. The van der Waals surface area contributed by atoms with E-state index in [9.17, 15) is 14.7 Å². The average Bonchev–Trinajstić information content (AvgIpc) is 2.45. The van der Waals surface area contributed by atoms with Gasteiger partial charge < -0.3 is 19.9 Å². The van der Waals surface area contributed by atoms with Crippen molar-refractivity contribution in [3.63, 3.8) is 0 Å². The molecule has 1 aromatic carbocycles. The minimum atomic E-state index is -1.10. The molecule has 0 bridgehead atoms. The van der Waals surface area contributed by atoms with Gasteiger partial charge in [0.15, 0.2) is 11.5 Å². The summed E-state index contributed by atoms with van der Waals surface area (Å²) in [6.45, 7) is 0.243. The van der Waals surface area contributed by atoms with Crippen LogP contribution in [0.1, 0.15) is 12.0 Å². The number of benzene rings is 1. The molecule has 1 aliphatic rings. The van der Waals surface area contributed by atoms with Crippen LogP contribution in [0, 0.1) is 0 Å². The van der Waals surface area contributed by atoms with E-state index in [0.29, 0.717) is 17.9 Å². The maximum absolute atomic E-state index is 11.7. The normalized spacial score (nSPS) is 18.4. The Bertz CT molecular complexity index is 528. The maximum Gasteiger partial charge on any atom is 0.326 e. The fourth-order valence-corrected chi connectivity index (χ4v) is 2.16. The highest BCUT2D eigenvalue weighted by atomic mass is 16.5. The smallest absolute Gasteiger partial charge is 0.326 e. The zero-order chi connectivity index (χ0) is 15.4. The van der Waals surface area contributed by atoms with E-state index in [-0.39, 0.29) is 18.9 Å². The number of carbonyl (C=O) groups is 2. The molecule has 7 nitrogen and oxygen atoms in total. The molecule has 2 N–H and O–H groups in total. The molecule has 7 heteroatoms. The first-order chi connectivity index (χ1) is 10.0. The van der Waals surface area contributed by atoms with Crippen molar-refractivity contribution in [3.05, 3.63) is 23.8 Å². The summed E-state index contributed by atoms with van der Waals surface area (Å²) < 4.78 is 10.4. The van der Waals surface area contributed by atoms with Gasteiger partial charge in [-0.25, -0.2) is 4.79 Å². The highest BCUT2D eigenvalue weighted by Gasteiger charge is 2.30. The molecule has 1 fully saturated rings. The molecule has 0 saturated carbocycles. The summed E-state index contributed by atoms with van der Waals surface area (Å²) in [5.41, 5.74) is 0.916. The number of hydrogen-bond donors (Lipinski definition) is 2. The van der Waals surface area contributed by atoms with Crippen molar-refractivity contribution in [1.29, 1.82) is 0 Å². The van der Waals surface area contributed by atoms with Crippen molar-refractivity contribution in [1.82, 2.24) is 10.2 Å². The van der Waals surface area contributed by atoms with Crippen molar-refractivity contribution in [2.75, 3.05) is 20.8 Å². The molecule has 1 heterocycles. The van der Waals surface area contributed by atoms with E-state index in [1.54, 1.807) is 26.4 Å².